The lowest BCUT2D eigenvalue weighted by Crippen LogP contribution is -2.46. The zero-order valence-corrected chi connectivity index (χ0v) is 17.7. The van der Waals surface area contributed by atoms with Gasteiger partial charge in [-0.05, 0) is 69.0 Å². The van der Waals surface area contributed by atoms with Crippen LogP contribution < -0.4 is 4.74 Å². The Morgan fingerprint density at radius 2 is 1.77 bits per heavy atom. The molecule has 0 spiro atoms. The number of pyridine rings is 1. The van der Waals surface area contributed by atoms with Gasteiger partial charge in [0.15, 0.2) is 5.82 Å². The third-order valence-corrected chi connectivity index (χ3v) is 6.77. The molecule has 0 atom stereocenters. The Hall–Kier alpha value is -3.06. The molecular formula is C24H26N6O. The van der Waals surface area contributed by atoms with E-state index in [-0.39, 0.29) is 0 Å². The summed E-state index contributed by atoms with van der Waals surface area (Å²) < 4.78 is 8.07. The molecule has 0 bridgehead atoms. The van der Waals surface area contributed by atoms with Crippen LogP contribution in [0.1, 0.15) is 37.9 Å². The minimum Gasteiger partial charge on any atom is -0.490 e. The molecule has 6 rings (SSSR count). The molecule has 0 N–H and O–H groups in total. The van der Waals surface area contributed by atoms with E-state index in [0.717, 1.165) is 65.7 Å². The number of hydrogen-bond donors (Lipinski definition) is 0. The van der Waals surface area contributed by atoms with E-state index in [4.69, 9.17) is 9.84 Å². The fraction of sp³-hybridized carbons (Fsp3) is 0.417. The number of hydrogen-bond acceptors (Lipinski definition) is 6. The second-order valence-electron chi connectivity index (χ2n) is 8.69. The largest absolute Gasteiger partial charge is 0.490 e. The molecule has 31 heavy (non-hydrogen) atoms. The van der Waals surface area contributed by atoms with Crippen LogP contribution in [0.4, 0.5) is 0 Å². The highest BCUT2D eigenvalue weighted by Crippen LogP contribution is 2.31. The highest BCUT2D eigenvalue weighted by Gasteiger charge is 2.29. The average Bonchev–Trinajstić information content (AvgIpc) is 3.15. The Morgan fingerprint density at radius 1 is 0.968 bits per heavy atom. The van der Waals surface area contributed by atoms with Crippen molar-refractivity contribution in [3.8, 4) is 17.0 Å². The van der Waals surface area contributed by atoms with Crippen LogP contribution >= 0.6 is 0 Å². The van der Waals surface area contributed by atoms with Crippen LogP contribution in [0.5, 0.6) is 5.75 Å². The van der Waals surface area contributed by atoms with Crippen molar-refractivity contribution in [2.75, 3.05) is 13.1 Å². The summed E-state index contributed by atoms with van der Waals surface area (Å²) >= 11 is 0. The SMILES string of the molecule is Cc1nnc2c3ncccc3c(-c3ccc(OC4CCN(C5CCC5)CC4)cc3)nn12. The maximum atomic E-state index is 6.31. The zero-order chi connectivity index (χ0) is 20.8. The van der Waals surface area contributed by atoms with Crippen LogP contribution in [0, 0.1) is 6.92 Å². The third kappa shape index (κ3) is 3.33. The van der Waals surface area contributed by atoms with Gasteiger partial charge in [0.25, 0.3) is 0 Å². The molecule has 7 nitrogen and oxygen atoms in total. The highest BCUT2D eigenvalue weighted by molar-refractivity contribution is 5.98. The van der Waals surface area contributed by atoms with Gasteiger partial charge in [-0.3, -0.25) is 4.98 Å². The summed E-state index contributed by atoms with van der Waals surface area (Å²) in [5.74, 6) is 1.67. The molecule has 0 radical (unpaired) electrons. The summed E-state index contributed by atoms with van der Waals surface area (Å²) in [4.78, 5) is 7.19. The number of aromatic nitrogens is 5. The molecule has 1 saturated carbocycles. The number of nitrogens with zero attached hydrogens (tertiary/aromatic N) is 6. The second kappa shape index (κ2) is 7.57. The maximum Gasteiger partial charge on any atom is 0.204 e. The van der Waals surface area contributed by atoms with Gasteiger partial charge >= 0.3 is 0 Å². The molecule has 0 unspecified atom stereocenters. The van der Waals surface area contributed by atoms with Crippen molar-refractivity contribution < 1.29 is 4.74 Å². The lowest BCUT2D eigenvalue weighted by molar-refractivity contribution is 0.0493. The third-order valence-electron chi connectivity index (χ3n) is 6.77. The van der Waals surface area contributed by atoms with E-state index in [0.29, 0.717) is 11.8 Å². The van der Waals surface area contributed by atoms with E-state index in [9.17, 15) is 0 Å². The summed E-state index contributed by atoms with van der Waals surface area (Å²) in [5.41, 5.74) is 3.40. The Balaban J connectivity index is 1.24. The topological polar surface area (TPSA) is 68.4 Å². The van der Waals surface area contributed by atoms with Crippen molar-refractivity contribution in [3.63, 3.8) is 0 Å². The van der Waals surface area contributed by atoms with Crippen molar-refractivity contribution >= 4 is 16.6 Å². The molecule has 1 aromatic carbocycles. The fourth-order valence-corrected chi connectivity index (χ4v) is 4.76. The predicted octanol–water partition coefficient (Wildman–Crippen LogP) is 4.04. The number of rotatable bonds is 4. The number of piperidine rings is 1. The first kappa shape index (κ1) is 18.7. The fourth-order valence-electron chi connectivity index (χ4n) is 4.76. The summed E-state index contributed by atoms with van der Waals surface area (Å²) in [7, 11) is 0. The van der Waals surface area contributed by atoms with Crippen molar-refractivity contribution in [1.29, 1.82) is 0 Å². The van der Waals surface area contributed by atoms with E-state index in [1.54, 1.807) is 10.7 Å². The first-order chi connectivity index (χ1) is 15.3. The van der Waals surface area contributed by atoms with Crippen LogP contribution in [0.15, 0.2) is 42.6 Å². The first-order valence-electron chi connectivity index (χ1n) is 11.2. The van der Waals surface area contributed by atoms with E-state index < -0.39 is 0 Å². The van der Waals surface area contributed by atoms with Gasteiger partial charge in [0.1, 0.15) is 23.1 Å². The van der Waals surface area contributed by atoms with Gasteiger partial charge in [0, 0.05) is 36.3 Å². The van der Waals surface area contributed by atoms with E-state index >= 15 is 0 Å². The number of ether oxygens (including phenoxy) is 1. The van der Waals surface area contributed by atoms with Crippen LogP contribution in [-0.4, -0.2) is 54.9 Å². The van der Waals surface area contributed by atoms with Gasteiger partial charge in [-0.1, -0.05) is 6.42 Å². The van der Waals surface area contributed by atoms with Crippen molar-refractivity contribution in [1.82, 2.24) is 29.7 Å². The van der Waals surface area contributed by atoms with Gasteiger partial charge < -0.3 is 9.64 Å². The first-order valence-corrected chi connectivity index (χ1v) is 11.2. The monoisotopic (exact) mass is 414 g/mol. The maximum absolute atomic E-state index is 6.31. The normalized spacial score (nSPS) is 18.5. The average molecular weight is 415 g/mol. The van der Waals surface area contributed by atoms with Gasteiger partial charge in [0.05, 0.1) is 0 Å². The molecule has 158 valence electrons. The van der Waals surface area contributed by atoms with Crippen molar-refractivity contribution in [3.05, 3.63) is 48.4 Å². The summed E-state index contributed by atoms with van der Waals surface area (Å²) in [5, 5.41) is 14.2. The molecule has 0 amide bonds. The molecule has 3 aromatic heterocycles. The quantitative estimate of drug-likeness (QED) is 0.502. The molecule has 1 saturated heterocycles. The van der Waals surface area contributed by atoms with Crippen molar-refractivity contribution in [2.24, 2.45) is 0 Å². The van der Waals surface area contributed by atoms with Crippen molar-refractivity contribution in [2.45, 2.75) is 51.2 Å². The standard InChI is InChI=1S/C24H26N6O/c1-16-26-27-24-23-21(6-3-13-25-23)22(28-30(16)24)17-7-9-19(10-8-17)31-20-11-14-29(15-12-20)18-4-2-5-18/h3,6-10,13,18,20H,2,4-5,11-12,14-15H2,1H3. The predicted molar refractivity (Wildman–Crippen MR) is 119 cm³/mol. The smallest absolute Gasteiger partial charge is 0.204 e. The Bertz CT molecular complexity index is 1220. The zero-order valence-electron chi connectivity index (χ0n) is 17.7. The lowest BCUT2D eigenvalue weighted by Gasteiger charge is -2.41. The van der Waals surface area contributed by atoms with Crippen LogP contribution in [-0.2, 0) is 0 Å². The number of aryl methyl sites for hydroxylation is 1. The Kier molecular flexibility index (Phi) is 4.56. The molecule has 2 aliphatic rings. The minimum absolute atomic E-state index is 0.307. The van der Waals surface area contributed by atoms with Crippen LogP contribution in [0.3, 0.4) is 0 Å². The molecule has 4 aromatic rings. The molecular weight excluding hydrogens is 388 g/mol. The Morgan fingerprint density at radius 3 is 2.52 bits per heavy atom. The Labute approximate surface area is 181 Å². The van der Waals surface area contributed by atoms with E-state index in [1.807, 2.05) is 19.1 Å². The van der Waals surface area contributed by atoms with Gasteiger partial charge in [-0.15, -0.1) is 10.2 Å². The molecule has 1 aliphatic heterocycles. The number of benzene rings is 1. The number of likely N-dealkylation sites (tertiary alicyclic amines) is 1. The lowest BCUT2D eigenvalue weighted by atomic mass is 9.90. The molecule has 2 fully saturated rings. The van der Waals surface area contributed by atoms with Crippen LogP contribution in [0.2, 0.25) is 0 Å². The molecule has 1 aliphatic carbocycles. The van der Waals surface area contributed by atoms with Gasteiger partial charge in [0.2, 0.25) is 5.65 Å². The van der Waals surface area contributed by atoms with Gasteiger partial charge in [-0.25, -0.2) is 0 Å². The summed E-state index contributed by atoms with van der Waals surface area (Å²) in [6.07, 6.45) is 8.47. The van der Waals surface area contributed by atoms with E-state index in [1.165, 1.54) is 19.3 Å². The summed E-state index contributed by atoms with van der Waals surface area (Å²) in [6.45, 7) is 4.22. The van der Waals surface area contributed by atoms with E-state index in [2.05, 4.69) is 44.3 Å². The minimum atomic E-state index is 0.307. The van der Waals surface area contributed by atoms with Gasteiger partial charge in [-0.2, -0.15) is 9.61 Å². The second-order valence-corrected chi connectivity index (χ2v) is 8.69. The molecule has 7 heteroatoms. The van der Waals surface area contributed by atoms with Crippen LogP contribution in [0.25, 0.3) is 27.8 Å². The summed E-state index contributed by atoms with van der Waals surface area (Å²) in [6, 6.07) is 13.1. The molecule has 4 heterocycles. The number of fused-ring (bicyclic) bond motifs is 3. The highest BCUT2D eigenvalue weighted by atomic mass is 16.5.